The van der Waals surface area contributed by atoms with Crippen molar-refractivity contribution in [1.82, 2.24) is 14.8 Å². The van der Waals surface area contributed by atoms with Gasteiger partial charge < -0.3 is 9.47 Å². The van der Waals surface area contributed by atoms with Crippen LogP contribution in [0.5, 0.6) is 11.5 Å². The van der Waals surface area contributed by atoms with Gasteiger partial charge in [-0.1, -0.05) is 24.3 Å². The van der Waals surface area contributed by atoms with Crippen molar-refractivity contribution in [3.8, 4) is 28.6 Å². The van der Waals surface area contributed by atoms with Crippen LogP contribution >= 0.6 is 11.3 Å². The number of hydrogen-bond acceptors (Lipinski definition) is 6. The summed E-state index contributed by atoms with van der Waals surface area (Å²) >= 11 is 1.72. The molecule has 7 heteroatoms. The number of thiophene rings is 1. The number of carbonyl (C=O) groups is 1. The fourth-order valence-corrected chi connectivity index (χ4v) is 4.85. The van der Waals surface area contributed by atoms with Crippen LogP contribution in [-0.2, 0) is 0 Å². The van der Waals surface area contributed by atoms with Crippen LogP contribution in [0, 0.1) is 6.92 Å². The third-order valence-electron chi connectivity index (χ3n) is 5.53. The van der Waals surface area contributed by atoms with Crippen molar-refractivity contribution in [3.63, 3.8) is 0 Å². The van der Waals surface area contributed by atoms with Crippen molar-refractivity contribution >= 4 is 27.2 Å². The molecule has 2 aromatic carbocycles. The van der Waals surface area contributed by atoms with E-state index in [1.807, 2.05) is 18.2 Å². The van der Waals surface area contributed by atoms with E-state index in [1.54, 1.807) is 60.8 Å². The van der Waals surface area contributed by atoms with Gasteiger partial charge in [-0.3, -0.25) is 4.79 Å². The summed E-state index contributed by atoms with van der Waals surface area (Å²) in [6.07, 6.45) is 3.25. The Morgan fingerprint density at radius 2 is 1.79 bits per heavy atom. The average Bonchev–Trinajstić information content (AvgIpc) is 3.52. The molecule has 0 aliphatic rings. The van der Waals surface area contributed by atoms with Gasteiger partial charge in [0.1, 0.15) is 0 Å². The zero-order valence-electron chi connectivity index (χ0n) is 18.4. The van der Waals surface area contributed by atoms with Crippen molar-refractivity contribution in [2.24, 2.45) is 0 Å². The maximum Gasteiger partial charge on any atom is 0.196 e. The molecule has 0 N–H and O–H groups in total. The number of rotatable bonds is 6. The zero-order chi connectivity index (χ0) is 22.9. The summed E-state index contributed by atoms with van der Waals surface area (Å²) in [5, 5.41) is 7.72. The lowest BCUT2D eigenvalue weighted by molar-refractivity contribution is 0.103. The van der Waals surface area contributed by atoms with Gasteiger partial charge in [-0.05, 0) is 42.8 Å². The van der Waals surface area contributed by atoms with Crippen LogP contribution in [0.1, 0.15) is 21.5 Å². The molecule has 0 saturated heterocycles. The number of benzene rings is 2. The molecule has 5 aromatic rings. The van der Waals surface area contributed by atoms with Crippen LogP contribution in [0.15, 0.2) is 72.4 Å². The Labute approximate surface area is 195 Å². The Balaban J connectivity index is 1.47. The molecule has 0 unspecified atom stereocenters. The van der Waals surface area contributed by atoms with Gasteiger partial charge >= 0.3 is 0 Å². The van der Waals surface area contributed by atoms with Gasteiger partial charge in [-0.2, -0.15) is 5.10 Å². The first-order chi connectivity index (χ1) is 16.1. The summed E-state index contributed by atoms with van der Waals surface area (Å²) in [5.74, 6) is 1.56. The molecule has 3 heterocycles. The van der Waals surface area contributed by atoms with Crippen molar-refractivity contribution in [2.75, 3.05) is 14.2 Å². The summed E-state index contributed by atoms with van der Waals surface area (Å²) in [7, 11) is 3.10. The molecule has 164 valence electrons. The highest BCUT2D eigenvalue weighted by molar-refractivity contribution is 7.18. The number of carbonyl (C=O) groups excluding carboxylic acids is 1. The lowest BCUT2D eigenvalue weighted by Gasteiger charge is -2.08. The van der Waals surface area contributed by atoms with Crippen LogP contribution in [0.3, 0.4) is 0 Å². The first-order valence-corrected chi connectivity index (χ1v) is 11.2. The molecule has 0 radical (unpaired) electrons. The summed E-state index contributed by atoms with van der Waals surface area (Å²) in [5.41, 5.74) is 4.17. The zero-order valence-corrected chi connectivity index (χ0v) is 19.2. The van der Waals surface area contributed by atoms with Gasteiger partial charge in [0.2, 0.25) is 0 Å². The van der Waals surface area contributed by atoms with E-state index in [9.17, 15) is 4.79 Å². The number of ether oxygens (including phenoxy) is 2. The van der Waals surface area contributed by atoms with Crippen LogP contribution in [0.25, 0.3) is 27.2 Å². The van der Waals surface area contributed by atoms with E-state index in [0.29, 0.717) is 28.4 Å². The molecule has 0 atom stereocenters. The van der Waals surface area contributed by atoms with E-state index >= 15 is 0 Å². The fraction of sp³-hybridized carbons (Fsp3) is 0.115. The second kappa shape index (κ2) is 8.52. The molecule has 0 aliphatic carbocycles. The van der Waals surface area contributed by atoms with Gasteiger partial charge in [-0.25, -0.2) is 9.67 Å². The molecule has 33 heavy (non-hydrogen) atoms. The highest BCUT2D eigenvalue weighted by Gasteiger charge is 2.16. The van der Waals surface area contributed by atoms with Crippen molar-refractivity contribution < 1.29 is 14.3 Å². The number of hydrogen-bond donors (Lipinski definition) is 0. The Bertz CT molecular complexity index is 1490. The monoisotopic (exact) mass is 455 g/mol. The Hall–Kier alpha value is -3.97. The lowest BCUT2D eigenvalue weighted by atomic mass is 10.1. The highest BCUT2D eigenvalue weighted by atomic mass is 32.1. The highest BCUT2D eigenvalue weighted by Crippen LogP contribution is 2.35. The molecule has 3 aromatic heterocycles. The predicted molar refractivity (Wildman–Crippen MR) is 130 cm³/mol. The van der Waals surface area contributed by atoms with Gasteiger partial charge in [0.15, 0.2) is 23.1 Å². The largest absolute Gasteiger partial charge is 0.493 e. The summed E-state index contributed by atoms with van der Waals surface area (Å²) < 4.78 is 13.5. The number of aryl methyl sites for hydroxylation is 1. The molecule has 0 saturated carbocycles. The number of ketones is 1. The first-order valence-electron chi connectivity index (χ1n) is 10.3. The molecular weight excluding hydrogens is 434 g/mol. The van der Waals surface area contributed by atoms with E-state index in [2.05, 4.69) is 35.6 Å². The predicted octanol–water partition coefficient (Wildman–Crippen LogP) is 5.71. The standard InChI is InChI=1S/C26H21N3O3S/c1-16-6-4-7-19-20(15-33-26(16)19)21-8-5-9-24(28-21)29-14-18(13-27-29)25(30)17-10-11-22(31-2)23(12-17)32-3/h4-15H,1-3H3. The number of fused-ring (bicyclic) bond motifs is 1. The summed E-state index contributed by atoms with van der Waals surface area (Å²) in [4.78, 5) is 17.8. The van der Waals surface area contributed by atoms with E-state index in [4.69, 9.17) is 14.5 Å². The van der Waals surface area contributed by atoms with E-state index in [1.165, 1.54) is 15.6 Å². The quantitative estimate of drug-likeness (QED) is 0.307. The van der Waals surface area contributed by atoms with Crippen molar-refractivity contribution in [1.29, 1.82) is 0 Å². The minimum atomic E-state index is -0.155. The van der Waals surface area contributed by atoms with Crippen LogP contribution in [0.4, 0.5) is 0 Å². The SMILES string of the molecule is COc1ccc(C(=O)c2cnn(-c3cccc(-c4csc5c(C)cccc45)n3)c2)cc1OC. The third kappa shape index (κ3) is 3.76. The van der Waals surface area contributed by atoms with Gasteiger partial charge in [0.05, 0.1) is 31.7 Å². The van der Waals surface area contributed by atoms with Crippen molar-refractivity contribution in [3.05, 3.63) is 89.1 Å². The minimum absolute atomic E-state index is 0.155. The number of pyridine rings is 1. The minimum Gasteiger partial charge on any atom is -0.493 e. The molecule has 0 fully saturated rings. The normalized spacial score (nSPS) is 11.0. The Morgan fingerprint density at radius 3 is 2.61 bits per heavy atom. The molecule has 0 aliphatic heterocycles. The maximum absolute atomic E-state index is 13.0. The van der Waals surface area contributed by atoms with E-state index in [-0.39, 0.29) is 5.78 Å². The fourth-order valence-electron chi connectivity index (χ4n) is 3.81. The maximum atomic E-state index is 13.0. The number of methoxy groups -OCH3 is 2. The number of nitrogens with zero attached hydrogens (tertiary/aromatic N) is 3. The first kappa shape index (κ1) is 20.9. The molecule has 6 nitrogen and oxygen atoms in total. The summed E-state index contributed by atoms with van der Waals surface area (Å²) in [6, 6.07) is 17.2. The average molecular weight is 456 g/mol. The Kier molecular flexibility index (Phi) is 5.40. The molecule has 0 amide bonds. The smallest absolute Gasteiger partial charge is 0.196 e. The molecule has 5 rings (SSSR count). The summed E-state index contributed by atoms with van der Waals surface area (Å²) in [6.45, 7) is 2.12. The lowest BCUT2D eigenvalue weighted by Crippen LogP contribution is -2.02. The molecular formula is C26H21N3O3S. The van der Waals surface area contributed by atoms with Crippen molar-refractivity contribution in [2.45, 2.75) is 6.92 Å². The molecule has 0 spiro atoms. The van der Waals surface area contributed by atoms with Crippen LogP contribution in [-0.4, -0.2) is 34.8 Å². The Morgan fingerprint density at radius 1 is 0.970 bits per heavy atom. The van der Waals surface area contributed by atoms with E-state index in [0.717, 1.165) is 11.3 Å². The van der Waals surface area contributed by atoms with Gasteiger partial charge in [0, 0.05) is 32.8 Å². The second-order valence-corrected chi connectivity index (χ2v) is 8.43. The number of aromatic nitrogens is 3. The van der Waals surface area contributed by atoms with Crippen LogP contribution in [0.2, 0.25) is 0 Å². The third-order valence-corrected chi connectivity index (χ3v) is 6.66. The second-order valence-electron chi connectivity index (χ2n) is 7.55. The van der Waals surface area contributed by atoms with Crippen LogP contribution < -0.4 is 9.47 Å². The van der Waals surface area contributed by atoms with E-state index < -0.39 is 0 Å². The topological polar surface area (TPSA) is 66.2 Å². The molecule has 0 bridgehead atoms. The van der Waals surface area contributed by atoms with Gasteiger partial charge in [0.25, 0.3) is 0 Å². The van der Waals surface area contributed by atoms with Gasteiger partial charge in [-0.15, -0.1) is 11.3 Å².